The van der Waals surface area contributed by atoms with Crippen LogP contribution >= 0.6 is 0 Å². The van der Waals surface area contributed by atoms with Gasteiger partial charge in [0.2, 0.25) is 11.9 Å². The van der Waals surface area contributed by atoms with Crippen LogP contribution in [0.1, 0.15) is 62.5 Å². The van der Waals surface area contributed by atoms with Crippen LogP contribution in [-0.2, 0) is 13.1 Å². The largest absolute Gasteiger partial charge is 0.493 e. The molecule has 0 bridgehead atoms. The van der Waals surface area contributed by atoms with Crippen LogP contribution in [0.15, 0.2) is 24.5 Å². The summed E-state index contributed by atoms with van der Waals surface area (Å²) < 4.78 is 81.1. The van der Waals surface area contributed by atoms with Gasteiger partial charge in [-0.05, 0) is 25.7 Å². The maximum atomic E-state index is 15.2. The SMILES string of the molecule is COc1cc(OC)c(F)c(N2Cc3cnc(NCC(O)CO)nc3N(C3CCCC3)C2=O)c1F.COc1cc(OC)c(F)c(N2Cc3cnc(NCC(O)CO)nc3N(C3CCCC3)C2=O)c1F. The predicted octanol–water partition coefficient (Wildman–Crippen LogP) is 4.85. The first-order valence-corrected chi connectivity index (χ1v) is 22.0. The second-order valence-corrected chi connectivity index (χ2v) is 16.4. The number of carbonyl (C=O) groups is 2. The number of halogens is 4. The first kappa shape index (κ1) is 49.4. The van der Waals surface area contributed by atoms with Gasteiger partial charge in [0, 0.05) is 60.8 Å². The van der Waals surface area contributed by atoms with Gasteiger partial charge < -0.3 is 50.0 Å². The van der Waals surface area contributed by atoms with Crippen LogP contribution in [0.2, 0.25) is 0 Å². The lowest BCUT2D eigenvalue weighted by atomic mass is 10.1. The fourth-order valence-corrected chi connectivity index (χ4v) is 8.62. The number of nitrogens with zero attached hydrogens (tertiary/aromatic N) is 8. The molecule has 2 saturated carbocycles. The smallest absolute Gasteiger partial charge is 0.330 e. The van der Waals surface area contributed by atoms with Gasteiger partial charge in [-0.1, -0.05) is 25.7 Å². The van der Waals surface area contributed by atoms with Crippen molar-refractivity contribution in [1.29, 1.82) is 0 Å². The zero-order valence-corrected chi connectivity index (χ0v) is 37.8. The van der Waals surface area contributed by atoms with Crippen molar-refractivity contribution in [3.63, 3.8) is 0 Å². The van der Waals surface area contributed by atoms with Gasteiger partial charge in [0.15, 0.2) is 46.3 Å². The lowest BCUT2D eigenvalue weighted by Crippen LogP contribution is -2.52. The van der Waals surface area contributed by atoms with Gasteiger partial charge in [0.25, 0.3) is 0 Å². The van der Waals surface area contributed by atoms with Crippen molar-refractivity contribution in [3.8, 4) is 23.0 Å². The average Bonchev–Trinajstić information content (AvgIpc) is 4.09. The summed E-state index contributed by atoms with van der Waals surface area (Å²) in [4.78, 5) is 49.7. The summed E-state index contributed by atoms with van der Waals surface area (Å²) in [6.45, 7) is -1.17. The number of aromatic nitrogens is 4. The number of hydrogen-bond acceptors (Lipinski definition) is 16. The molecule has 2 fully saturated rings. The summed E-state index contributed by atoms with van der Waals surface area (Å²) in [5, 5.41) is 42.9. The molecule has 68 heavy (non-hydrogen) atoms. The van der Waals surface area contributed by atoms with Gasteiger partial charge in [0.1, 0.15) is 23.0 Å². The van der Waals surface area contributed by atoms with Crippen LogP contribution in [-0.4, -0.2) is 131 Å². The third kappa shape index (κ3) is 9.89. The molecule has 2 aromatic heterocycles. The Morgan fingerprint density at radius 2 is 0.926 bits per heavy atom. The number of benzene rings is 2. The fourth-order valence-electron chi connectivity index (χ4n) is 8.62. The van der Waals surface area contributed by atoms with Crippen molar-refractivity contribution < 1.29 is 66.5 Å². The van der Waals surface area contributed by atoms with Gasteiger partial charge >= 0.3 is 12.1 Å². The molecule has 24 heteroatoms. The highest BCUT2D eigenvalue weighted by Gasteiger charge is 2.43. The third-order valence-corrected chi connectivity index (χ3v) is 12.1. The van der Waals surface area contributed by atoms with Gasteiger partial charge in [-0.2, -0.15) is 9.97 Å². The average molecular weight is 959 g/mol. The number of anilines is 6. The molecular formula is C44H54F4N10O10. The van der Waals surface area contributed by atoms with Crippen molar-refractivity contribution >= 4 is 47.0 Å². The molecule has 4 amide bonds. The first-order chi connectivity index (χ1) is 32.8. The lowest BCUT2D eigenvalue weighted by Gasteiger charge is -2.39. The van der Waals surface area contributed by atoms with Crippen LogP contribution in [0.25, 0.3) is 0 Å². The molecule has 2 aliphatic carbocycles. The van der Waals surface area contributed by atoms with Crippen molar-refractivity contribution in [2.75, 3.05) is 85.0 Å². The van der Waals surface area contributed by atoms with Crippen LogP contribution in [0.4, 0.5) is 62.1 Å². The minimum atomic E-state index is -1.01. The zero-order valence-electron chi connectivity index (χ0n) is 37.8. The number of amides is 4. The summed E-state index contributed by atoms with van der Waals surface area (Å²) in [6, 6.07) is 0.553. The monoisotopic (exact) mass is 958 g/mol. The molecule has 4 aliphatic rings. The second-order valence-electron chi connectivity index (χ2n) is 16.4. The summed E-state index contributed by atoms with van der Waals surface area (Å²) >= 11 is 0. The number of rotatable bonds is 16. The summed E-state index contributed by atoms with van der Waals surface area (Å²) in [6.07, 6.45) is 7.50. The molecular weight excluding hydrogens is 905 g/mol. The predicted molar refractivity (Wildman–Crippen MR) is 239 cm³/mol. The van der Waals surface area contributed by atoms with Crippen molar-refractivity contribution in [2.24, 2.45) is 0 Å². The lowest BCUT2D eigenvalue weighted by molar-refractivity contribution is 0.105. The van der Waals surface area contributed by atoms with E-state index in [0.717, 1.165) is 73.3 Å². The highest BCUT2D eigenvalue weighted by Crippen LogP contribution is 2.44. The van der Waals surface area contributed by atoms with Crippen LogP contribution < -0.4 is 49.2 Å². The van der Waals surface area contributed by atoms with E-state index < -0.39 is 72.1 Å². The van der Waals surface area contributed by atoms with Gasteiger partial charge in [0.05, 0.1) is 67.0 Å². The first-order valence-electron chi connectivity index (χ1n) is 22.0. The quantitative estimate of drug-likeness (QED) is 0.0823. The minimum Gasteiger partial charge on any atom is -0.493 e. The molecule has 0 spiro atoms. The van der Waals surface area contributed by atoms with E-state index in [1.807, 2.05) is 0 Å². The minimum absolute atomic E-state index is 0.0127. The number of carbonyl (C=O) groups excluding carboxylic acids is 2. The van der Waals surface area contributed by atoms with Gasteiger partial charge in [-0.15, -0.1) is 0 Å². The van der Waals surface area contributed by atoms with Gasteiger partial charge in [-0.3, -0.25) is 19.6 Å². The molecule has 4 heterocycles. The van der Waals surface area contributed by atoms with Crippen LogP contribution in [0.3, 0.4) is 0 Å². The number of aliphatic hydroxyl groups excluding tert-OH is 4. The number of methoxy groups -OCH3 is 4. The Morgan fingerprint density at radius 3 is 1.22 bits per heavy atom. The Morgan fingerprint density at radius 1 is 0.603 bits per heavy atom. The van der Waals surface area contributed by atoms with E-state index in [0.29, 0.717) is 22.8 Å². The Labute approximate surface area is 388 Å². The van der Waals surface area contributed by atoms with E-state index in [1.165, 1.54) is 50.6 Å². The van der Waals surface area contributed by atoms with Gasteiger partial charge in [-0.25, -0.2) is 37.1 Å². The number of urea groups is 2. The zero-order chi connectivity index (χ0) is 48.8. The molecule has 2 aromatic carbocycles. The van der Waals surface area contributed by atoms with Crippen molar-refractivity contribution in [2.45, 2.75) is 88.7 Å². The molecule has 368 valence electrons. The Kier molecular flexibility index (Phi) is 15.7. The summed E-state index contributed by atoms with van der Waals surface area (Å²) in [7, 11) is 4.98. The van der Waals surface area contributed by atoms with E-state index in [2.05, 4.69) is 30.6 Å². The number of nitrogens with one attached hydrogen (secondary N) is 2. The normalized spacial score (nSPS) is 17.1. The topological polar surface area (TPSA) is 241 Å². The molecule has 4 aromatic rings. The van der Waals surface area contributed by atoms with Crippen LogP contribution in [0, 0.1) is 23.3 Å². The summed E-state index contributed by atoms with van der Waals surface area (Å²) in [5.74, 6) is -4.04. The number of hydrogen-bond donors (Lipinski definition) is 6. The summed E-state index contributed by atoms with van der Waals surface area (Å²) in [5.41, 5.74) is -0.132. The fraction of sp³-hybridized carbons (Fsp3) is 0.500. The van der Waals surface area contributed by atoms with E-state index in [-0.39, 0.29) is 73.2 Å². The number of fused-ring (bicyclic) bond motifs is 2. The van der Waals surface area contributed by atoms with Crippen molar-refractivity contribution in [3.05, 3.63) is 58.9 Å². The Hall–Kier alpha value is -6.50. The highest BCUT2D eigenvalue weighted by atomic mass is 19.1. The molecule has 2 atom stereocenters. The molecule has 0 radical (unpaired) electrons. The third-order valence-electron chi connectivity index (χ3n) is 12.1. The molecule has 20 nitrogen and oxygen atoms in total. The maximum Gasteiger partial charge on any atom is 0.330 e. The highest BCUT2D eigenvalue weighted by molar-refractivity contribution is 6.07. The Balaban J connectivity index is 0.000000201. The van der Waals surface area contributed by atoms with E-state index in [4.69, 9.17) is 29.2 Å². The maximum absolute atomic E-state index is 15.2. The van der Waals surface area contributed by atoms with Crippen LogP contribution in [0.5, 0.6) is 23.0 Å². The molecule has 2 unspecified atom stereocenters. The van der Waals surface area contributed by atoms with E-state index >= 15 is 17.6 Å². The van der Waals surface area contributed by atoms with E-state index in [1.54, 1.807) is 0 Å². The van der Waals surface area contributed by atoms with Crippen molar-refractivity contribution in [1.82, 2.24) is 19.9 Å². The molecule has 8 rings (SSSR count). The van der Waals surface area contributed by atoms with E-state index in [9.17, 15) is 19.8 Å². The number of aliphatic hydroxyl groups is 4. The molecule has 0 saturated heterocycles. The Bertz CT molecular complexity index is 2240. The second kappa shape index (κ2) is 21.6. The standard InChI is InChI=1S/2C22H27F2N5O5/c2*1-33-15-7-16(34-2)18(24)19(17(15)23)28-10-12-8-25-21(26-9-14(31)11-30)27-20(12)29(22(28)32)13-5-3-4-6-13/h2*7-8,13-14,30-31H,3-6,9-11H2,1-2H3,(H,25,26,27). The molecule has 6 N–H and O–H groups in total. The molecule has 2 aliphatic heterocycles. The number of ether oxygens (including phenoxy) is 4.